The Bertz CT molecular complexity index is 1270. The third-order valence-corrected chi connectivity index (χ3v) is 5.13. The van der Waals surface area contributed by atoms with Gasteiger partial charge in [-0.3, -0.25) is 14.9 Å². The second kappa shape index (κ2) is 8.81. The molecule has 1 N–H and O–H groups in total. The first-order chi connectivity index (χ1) is 15.3. The van der Waals surface area contributed by atoms with Gasteiger partial charge in [-0.15, -0.1) is 0 Å². The molecule has 2 heterocycles. The summed E-state index contributed by atoms with van der Waals surface area (Å²) in [6.07, 6.45) is 2.57. The molecule has 3 aromatic rings. The van der Waals surface area contributed by atoms with Crippen molar-refractivity contribution >= 4 is 63.1 Å². The van der Waals surface area contributed by atoms with Crippen LogP contribution in [0.5, 0.6) is 5.75 Å². The molecule has 0 saturated carbocycles. The first-order valence-corrected chi connectivity index (χ1v) is 10.2. The Hall–Kier alpha value is -3.69. The van der Waals surface area contributed by atoms with Gasteiger partial charge in [-0.05, 0) is 60.7 Å². The maximum Gasteiger partial charge on any atom is 0.379 e. The van der Waals surface area contributed by atoms with E-state index in [0.29, 0.717) is 9.50 Å². The van der Waals surface area contributed by atoms with Gasteiger partial charge in [-0.2, -0.15) is 0 Å². The summed E-state index contributed by atoms with van der Waals surface area (Å²) in [7, 11) is 0. The summed E-state index contributed by atoms with van der Waals surface area (Å²) in [5.41, 5.74) is 0.158. The number of hydrogen-bond acceptors (Lipinski definition) is 6. The summed E-state index contributed by atoms with van der Waals surface area (Å²) in [5, 5.41) is 2.55. The monoisotopic (exact) mass is 514 g/mol. The van der Waals surface area contributed by atoms with Crippen molar-refractivity contribution in [2.75, 3.05) is 4.90 Å². The molecule has 0 radical (unpaired) electrons. The van der Waals surface area contributed by atoms with Crippen molar-refractivity contribution in [1.29, 1.82) is 0 Å². The number of nitrogens with one attached hydrogen (secondary N) is 1. The fourth-order valence-corrected chi connectivity index (χ4v) is 3.41. The molecular formula is C22H12BrClN2O6. The van der Waals surface area contributed by atoms with E-state index >= 15 is 0 Å². The number of furan rings is 1. The molecule has 1 saturated heterocycles. The number of barbiturate groups is 1. The highest BCUT2D eigenvalue weighted by molar-refractivity contribution is 9.10. The summed E-state index contributed by atoms with van der Waals surface area (Å²) < 4.78 is 11.0. The molecule has 4 rings (SSSR count). The third kappa shape index (κ3) is 4.34. The Balaban J connectivity index is 1.71. The Kier molecular flexibility index (Phi) is 5.93. The normalized spacial score (nSPS) is 15.1. The summed E-state index contributed by atoms with van der Waals surface area (Å²) in [6.45, 7) is 0. The van der Waals surface area contributed by atoms with Crippen LogP contribution < -0.4 is 15.0 Å². The Morgan fingerprint density at radius 3 is 2.53 bits per heavy atom. The lowest BCUT2D eigenvalue weighted by Gasteiger charge is -2.26. The molecule has 32 heavy (non-hydrogen) atoms. The van der Waals surface area contributed by atoms with Crippen LogP contribution in [-0.2, 0) is 9.59 Å². The Morgan fingerprint density at radius 2 is 1.84 bits per heavy atom. The van der Waals surface area contributed by atoms with Crippen LogP contribution in [0.1, 0.15) is 16.1 Å². The number of rotatable bonds is 4. The number of benzene rings is 2. The van der Waals surface area contributed by atoms with E-state index in [0.717, 1.165) is 4.90 Å². The van der Waals surface area contributed by atoms with E-state index in [4.69, 9.17) is 20.8 Å². The number of urea groups is 1. The minimum atomic E-state index is -0.891. The van der Waals surface area contributed by atoms with Crippen molar-refractivity contribution in [1.82, 2.24) is 5.32 Å². The van der Waals surface area contributed by atoms with Gasteiger partial charge in [0.2, 0.25) is 5.76 Å². The Labute approximate surface area is 194 Å². The first-order valence-electron chi connectivity index (χ1n) is 9.06. The average Bonchev–Trinajstić information content (AvgIpc) is 3.29. The minimum Gasteiger partial charge on any atom is -0.457 e. The van der Waals surface area contributed by atoms with Gasteiger partial charge in [-0.25, -0.2) is 14.5 Å². The van der Waals surface area contributed by atoms with Crippen molar-refractivity contribution in [3.05, 3.63) is 87.3 Å². The minimum absolute atomic E-state index is 0.0162. The van der Waals surface area contributed by atoms with E-state index in [9.17, 15) is 19.2 Å². The van der Waals surface area contributed by atoms with Gasteiger partial charge in [0.1, 0.15) is 11.3 Å². The van der Waals surface area contributed by atoms with Gasteiger partial charge in [0.15, 0.2) is 0 Å². The van der Waals surface area contributed by atoms with Crippen molar-refractivity contribution in [3.8, 4) is 5.75 Å². The maximum absolute atomic E-state index is 13.0. The molecule has 4 amide bonds. The largest absolute Gasteiger partial charge is 0.457 e. The predicted octanol–water partition coefficient (Wildman–Crippen LogP) is 4.58. The van der Waals surface area contributed by atoms with Crippen molar-refractivity contribution < 1.29 is 28.3 Å². The molecular weight excluding hydrogens is 504 g/mol. The van der Waals surface area contributed by atoms with Crippen LogP contribution in [0.3, 0.4) is 0 Å². The molecule has 1 aromatic heterocycles. The van der Waals surface area contributed by atoms with Crippen LogP contribution in [0, 0.1) is 0 Å². The zero-order chi connectivity index (χ0) is 22.8. The highest BCUT2D eigenvalue weighted by Crippen LogP contribution is 2.29. The molecule has 8 nitrogen and oxygen atoms in total. The molecule has 10 heteroatoms. The molecule has 160 valence electrons. The maximum atomic E-state index is 13.0. The molecule has 1 fully saturated rings. The number of halogens is 2. The molecule has 0 unspecified atom stereocenters. The average molecular weight is 516 g/mol. The van der Waals surface area contributed by atoms with E-state index in [2.05, 4.69) is 21.2 Å². The first kappa shape index (κ1) is 21.5. The molecule has 0 aliphatic carbocycles. The SMILES string of the molecule is O=C1NC(=O)N(c2ccc(Cl)cc2)C(=O)/C1=C\c1cc(Br)ccc1OC(=O)c1ccco1. The smallest absolute Gasteiger partial charge is 0.379 e. The van der Waals surface area contributed by atoms with Crippen molar-refractivity contribution in [3.63, 3.8) is 0 Å². The van der Waals surface area contributed by atoms with Gasteiger partial charge in [0.25, 0.3) is 11.8 Å². The van der Waals surface area contributed by atoms with Gasteiger partial charge >= 0.3 is 12.0 Å². The number of anilines is 1. The molecule has 1 aliphatic heterocycles. The highest BCUT2D eigenvalue weighted by Gasteiger charge is 2.37. The topological polar surface area (TPSA) is 106 Å². The lowest BCUT2D eigenvalue weighted by Crippen LogP contribution is -2.54. The summed E-state index contributed by atoms with van der Waals surface area (Å²) in [5.74, 6) is -2.41. The van der Waals surface area contributed by atoms with Crippen LogP contribution in [0.2, 0.25) is 5.02 Å². The molecule has 0 spiro atoms. The fraction of sp³-hybridized carbons (Fsp3) is 0. The second-order valence-electron chi connectivity index (χ2n) is 6.48. The lowest BCUT2D eigenvalue weighted by atomic mass is 10.1. The lowest BCUT2D eigenvalue weighted by molar-refractivity contribution is -0.122. The molecule has 1 aliphatic rings. The van der Waals surface area contributed by atoms with Crippen LogP contribution in [0.4, 0.5) is 10.5 Å². The molecule has 0 atom stereocenters. The second-order valence-corrected chi connectivity index (χ2v) is 7.84. The van der Waals surface area contributed by atoms with E-state index < -0.39 is 23.8 Å². The quantitative estimate of drug-likeness (QED) is 0.236. The predicted molar refractivity (Wildman–Crippen MR) is 118 cm³/mol. The number of hydrogen-bond donors (Lipinski definition) is 1. The van der Waals surface area contributed by atoms with Gasteiger partial charge < -0.3 is 9.15 Å². The zero-order valence-electron chi connectivity index (χ0n) is 16.0. The number of nitrogens with zero attached hydrogens (tertiary/aromatic N) is 1. The summed E-state index contributed by atoms with van der Waals surface area (Å²) in [4.78, 5) is 50.9. The molecule has 0 bridgehead atoms. The van der Waals surface area contributed by atoms with E-state index in [1.807, 2.05) is 0 Å². The van der Waals surface area contributed by atoms with Gasteiger partial charge in [0.05, 0.1) is 12.0 Å². The summed E-state index contributed by atoms with van der Waals surface area (Å²) in [6, 6.07) is 12.7. The number of ether oxygens (including phenoxy) is 1. The number of imide groups is 2. The van der Waals surface area contributed by atoms with Crippen LogP contribution in [-0.4, -0.2) is 23.8 Å². The fourth-order valence-electron chi connectivity index (χ4n) is 2.91. The van der Waals surface area contributed by atoms with Crippen LogP contribution in [0.15, 0.2) is 75.3 Å². The van der Waals surface area contributed by atoms with E-state index in [1.165, 1.54) is 54.8 Å². The van der Waals surface area contributed by atoms with Crippen LogP contribution in [0.25, 0.3) is 6.08 Å². The number of amides is 4. The third-order valence-electron chi connectivity index (χ3n) is 4.38. The number of carbonyl (C=O) groups excluding carboxylic acids is 4. The standard InChI is InChI=1S/C22H12BrClN2O6/c23-13-3-8-17(32-21(29)18-2-1-9-31-18)12(10-13)11-16-19(27)25-22(30)26(20(16)28)15-6-4-14(24)5-7-15/h1-11H,(H,25,27,30)/b16-11-. The van der Waals surface area contributed by atoms with Gasteiger partial charge in [-0.1, -0.05) is 27.5 Å². The van der Waals surface area contributed by atoms with Crippen LogP contribution >= 0.6 is 27.5 Å². The number of esters is 1. The molecule has 2 aromatic carbocycles. The van der Waals surface area contributed by atoms with Crippen molar-refractivity contribution in [2.24, 2.45) is 0 Å². The highest BCUT2D eigenvalue weighted by atomic mass is 79.9. The summed E-state index contributed by atoms with van der Waals surface area (Å²) >= 11 is 9.18. The Morgan fingerprint density at radius 1 is 1.09 bits per heavy atom. The van der Waals surface area contributed by atoms with E-state index in [1.54, 1.807) is 12.1 Å². The zero-order valence-corrected chi connectivity index (χ0v) is 18.3. The van der Waals surface area contributed by atoms with Gasteiger partial charge in [0, 0.05) is 15.1 Å². The van der Waals surface area contributed by atoms with E-state index in [-0.39, 0.29) is 28.3 Å². The number of carbonyl (C=O) groups is 4. The van der Waals surface area contributed by atoms with Crippen molar-refractivity contribution in [2.45, 2.75) is 0 Å².